The smallest absolute Gasteiger partial charge is 0.315 e. The molecule has 30 heavy (non-hydrogen) atoms. The van der Waals surface area contributed by atoms with Crippen molar-refractivity contribution in [1.82, 2.24) is 9.80 Å². The quantitative estimate of drug-likeness (QED) is 0.692. The number of amides is 2. The van der Waals surface area contributed by atoms with Crippen LogP contribution in [0.15, 0.2) is 54.6 Å². The maximum atomic E-state index is 12.9. The number of hydrogen-bond donors (Lipinski definition) is 1. The molecule has 0 aromatic heterocycles. The van der Waals surface area contributed by atoms with E-state index in [-0.39, 0.29) is 24.3 Å². The van der Waals surface area contributed by atoms with Crippen LogP contribution in [0.25, 0.3) is 0 Å². The summed E-state index contributed by atoms with van der Waals surface area (Å²) in [6.07, 6.45) is 2.32. The van der Waals surface area contributed by atoms with Gasteiger partial charge in [-0.3, -0.25) is 4.90 Å². The third-order valence-corrected chi connectivity index (χ3v) is 5.79. The summed E-state index contributed by atoms with van der Waals surface area (Å²) >= 11 is 0. The third-order valence-electron chi connectivity index (χ3n) is 5.79. The average molecular weight is 419 g/mol. The molecule has 0 atom stereocenters. The lowest BCUT2D eigenvalue weighted by atomic mass is 9.85. The van der Waals surface area contributed by atoms with E-state index in [1.54, 1.807) is 23.1 Å². The van der Waals surface area contributed by atoms with Gasteiger partial charge in [0.05, 0.1) is 6.54 Å². The first kappa shape index (κ1) is 22.2. The Morgan fingerprint density at radius 3 is 1.97 bits per heavy atom. The molecular weight excluding hydrogens is 391 g/mol. The normalized spacial score (nSPS) is 23.2. The number of nitrogens with two attached hydrogens (primary N) is 1. The lowest BCUT2D eigenvalue weighted by Gasteiger charge is -2.44. The second-order valence-corrected chi connectivity index (χ2v) is 7.89. The summed E-state index contributed by atoms with van der Waals surface area (Å²) in [5, 5.41) is 0. The third kappa shape index (κ3) is 5.98. The maximum absolute atomic E-state index is 12.9. The molecule has 2 aromatic carbocycles. The van der Waals surface area contributed by atoms with Gasteiger partial charge in [0.2, 0.25) is 0 Å². The minimum Gasteiger partial charge on any atom is -0.351 e. The number of hydrogen-bond acceptors (Lipinski definition) is 2. The van der Waals surface area contributed by atoms with Crippen molar-refractivity contribution in [3.05, 3.63) is 71.5 Å². The number of primary amides is 1. The van der Waals surface area contributed by atoms with Gasteiger partial charge in [-0.2, -0.15) is 0 Å². The zero-order chi connectivity index (χ0) is 21.6. The van der Waals surface area contributed by atoms with Crippen molar-refractivity contribution in [2.45, 2.75) is 31.7 Å². The molecule has 4 heterocycles. The van der Waals surface area contributed by atoms with Gasteiger partial charge < -0.3 is 10.6 Å². The molecule has 4 aliphatic rings. The van der Waals surface area contributed by atoms with Gasteiger partial charge in [-0.05, 0) is 55.6 Å². The van der Waals surface area contributed by atoms with Crippen molar-refractivity contribution in [1.29, 1.82) is 0 Å². The van der Waals surface area contributed by atoms with E-state index in [4.69, 9.17) is 5.73 Å². The first-order valence-corrected chi connectivity index (χ1v) is 10.3. The highest BCUT2D eigenvalue weighted by Crippen LogP contribution is 2.39. The number of carbonyl (C=O) groups excluding carboxylic acids is 1. The molecule has 3 saturated heterocycles. The van der Waals surface area contributed by atoms with Gasteiger partial charge in [0, 0.05) is 19.0 Å². The van der Waals surface area contributed by atoms with Crippen LogP contribution in [0, 0.1) is 11.7 Å². The molecule has 2 aromatic rings. The summed E-state index contributed by atoms with van der Waals surface area (Å²) in [6.45, 7) is 3.19. The average Bonchev–Trinajstić information content (AvgIpc) is 2.75. The molecule has 162 valence electrons. The summed E-state index contributed by atoms with van der Waals surface area (Å²) in [7, 11) is 0. The van der Waals surface area contributed by atoms with Crippen LogP contribution < -0.4 is 5.73 Å². The molecule has 0 radical (unpaired) electrons. The molecule has 2 N–H and O–H groups in total. The minimum atomic E-state index is -2.38. The molecule has 4 aliphatic heterocycles. The van der Waals surface area contributed by atoms with Gasteiger partial charge in [-0.15, -0.1) is 0 Å². The predicted molar refractivity (Wildman–Crippen MR) is 111 cm³/mol. The first-order valence-electron chi connectivity index (χ1n) is 10.3. The molecule has 4 nitrogen and oxygen atoms in total. The SMILES string of the molecule is FC1(F)CN2CCC1CC2.Fc1ccccc1.NC(=O)N1CCc2ccccc2C1. The number of alkyl halides is 2. The highest BCUT2D eigenvalue weighted by atomic mass is 19.3. The van der Waals surface area contributed by atoms with Crippen molar-refractivity contribution in [2.24, 2.45) is 11.7 Å². The summed E-state index contributed by atoms with van der Waals surface area (Å²) in [5.41, 5.74) is 7.76. The Balaban J connectivity index is 0.000000134. The van der Waals surface area contributed by atoms with Crippen molar-refractivity contribution in [2.75, 3.05) is 26.2 Å². The summed E-state index contributed by atoms with van der Waals surface area (Å²) in [4.78, 5) is 14.4. The number of piperidine rings is 3. The molecule has 0 unspecified atom stereocenters. The fourth-order valence-corrected chi connectivity index (χ4v) is 4.04. The monoisotopic (exact) mass is 419 g/mol. The Morgan fingerprint density at radius 1 is 0.933 bits per heavy atom. The molecule has 7 heteroatoms. The second kappa shape index (κ2) is 9.98. The van der Waals surface area contributed by atoms with E-state index in [2.05, 4.69) is 6.07 Å². The Labute approximate surface area is 175 Å². The number of urea groups is 1. The van der Waals surface area contributed by atoms with E-state index < -0.39 is 5.92 Å². The molecule has 2 bridgehead atoms. The van der Waals surface area contributed by atoms with E-state index in [0.29, 0.717) is 19.4 Å². The van der Waals surface area contributed by atoms with E-state index in [9.17, 15) is 18.0 Å². The van der Waals surface area contributed by atoms with Gasteiger partial charge >= 0.3 is 6.03 Å². The van der Waals surface area contributed by atoms with E-state index in [1.165, 1.54) is 23.3 Å². The van der Waals surface area contributed by atoms with Crippen LogP contribution >= 0.6 is 0 Å². The number of fused-ring (bicyclic) bond motifs is 4. The van der Waals surface area contributed by atoms with E-state index in [0.717, 1.165) is 26.1 Å². The van der Waals surface area contributed by atoms with Gasteiger partial charge in [-0.1, -0.05) is 42.5 Å². The Morgan fingerprint density at radius 2 is 1.53 bits per heavy atom. The highest BCUT2D eigenvalue weighted by molar-refractivity contribution is 5.72. The summed E-state index contributed by atoms with van der Waals surface area (Å²) in [6, 6.07) is 15.8. The Hall–Kier alpha value is -2.54. The highest BCUT2D eigenvalue weighted by Gasteiger charge is 2.47. The molecule has 0 spiro atoms. The summed E-state index contributed by atoms with van der Waals surface area (Å²) in [5.74, 6) is -2.86. The fourth-order valence-electron chi connectivity index (χ4n) is 4.04. The zero-order valence-corrected chi connectivity index (χ0v) is 16.9. The molecule has 3 fully saturated rings. The lowest BCUT2D eigenvalue weighted by molar-refractivity contribution is -0.141. The van der Waals surface area contributed by atoms with Crippen LogP contribution in [-0.4, -0.2) is 47.9 Å². The van der Waals surface area contributed by atoms with Crippen LogP contribution in [0.3, 0.4) is 0 Å². The van der Waals surface area contributed by atoms with Crippen molar-refractivity contribution >= 4 is 6.03 Å². The standard InChI is InChI=1S/C10H12N2O.C7H11F2N.C6H5F/c11-10(13)12-6-5-8-3-1-2-4-9(8)7-12;8-7(9)5-10-3-1-6(7)2-4-10;7-6-4-2-1-3-5-6/h1-4H,5-7H2,(H2,11,13);6H,1-5H2;1-5H. The zero-order valence-electron chi connectivity index (χ0n) is 16.9. The van der Waals surface area contributed by atoms with Crippen molar-refractivity contribution in [3.8, 4) is 0 Å². The number of rotatable bonds is 0. The molecular formula is C23H28F3N3O. The van der Waals surface area contributed by atoms with Gasteiger partial charge in [0.25, 0.3) is 5.92 Å². The molecule has 0 saturated carbocycles. The minimum absolute atomic E-state index is 0.0116. The maximum Gasteiger partial charge on any atom is 0.315 e. The van der Waals surface area contributed by atoms with Gasteiger partial charge in [0.1, 0.15) is 5.82 Å². The van der Waals surface area contributed by atoms with Gasteiger partial charge in [0.15, 0.2) is 0 Å². The topological polar surface area (TPSA) is 49.6 Å². The largest absolute Gasteiger partial charge is 0.351 e. The lowest BCUT2D eigenvalue weighted by Crippen LogP contribution is -2.54. The summed E-state index contributed by atoms with van der Waals surface area (Å²) < 4.78 is 37.6. The fraction of sp³-hybridized carbons (Fsp3) is 0.435. The van der Waals surface area contributed by atoms with Crippen LogP contribution in [0.1, 0.15) is 24.0 Å². The van der Waals surface area contributed by atoms with E-state index in [1.807, 2.05) is 23.1 Å². The van der Waals surface area contributed by atoms with E-state index >= 15 is 0 Å². The van der Waals surface area contributed by atoms with Crippen LogP contribution in [0.5, 0.6) is 0 Å². The van der Waals surface area contributed by atoms with Gasteiger partial charge in [-0.25, -0.2) is 18.0 Å². The number of halogens is 3. The first-order chi connectivity index (χ1) is 14.3. The van der Waals surface area contributed by atoms with Crippen LogP contribution in [0.4, 0.5) is 18.0 Å². The Bertz CT molecular complexity index is 823. The Kier molecular flexibility index (Phi) is 7.37. The van der Waals surface area contributed by atoms with Crippen molar-refractivity contribution in [3.63, 3.8) is 0 Å². The van der Waals surface area contributed by atoms with Crippen molar-refractivity contribution < 1.29 is 18.0 Å². The number of benzene rings is 2. The number of carbonyl (C=O) groups is 1. The molecule has 0 aliphatic carbocycles. The van der Waals surface area contributed by atoms with Crippen LogP contribution in [-0.2, 0) is 13.0 Å². The molecule has 2 amide bonds. The predicted octanol–water partition coefficient (Wildman–Crippen LogP) is 4.30. The van der Waals surface area contributed by atoms with Crippen LogP contribution in [0.2, 0.25) is 0 Å². The number of nitrogens with zero attached hydrogens (tertiary/aromatic N) is 2. The second-order valence-electron chi connectivity index (χ2n) is 7.89. The molecule has 6 rings (SSSR count).